The molecule has 0 spiro atoms. The predicted molar refractivity (Wildman–Crippen MR) is 95.1 cm³/mol. The number of rotatable bonds is 6. The molecule has 0 aromatic heterocycles. The van der Waals surface area contributed by atoms with E-state index in [1.54, 1.807) is 0 Å². The van der Waals surface area contributed by atoms with Crippen molar-refractivity contribution in [2.24, 2.45) is 0 Å². The molecule has 0 bridgehead atoms. The zero-order chi connectivity index (χ0) is 15.8. The molecule has 0 atom stereocenters. The third-order valence-corrected chi connectivity index (χ3v) is 3.05. The second-order valence-electron chi connectivity index (χ2n) is 4.49. The molecule has 0 aliphatic heterocycles. The van der Waals surface area contributed by atoms with Crippen molar-refractivity contribution < 1.29 is 35.7 Å². The summed E-state index contributed by atoms with van der Waals surface area (Å²) in [5, 5.41) is 6.80. The predicted octanol–water partition coefficient (Wildman–Crippen LogP) is 4.29. The molecule has 120 valence electrons. The van der Waals surface area contributed by atoms with Gasteiger partial charge >= 0.3 is 0 Å². The Bertz CT molecular complexity index is 549. The van der Waals surface area contributed by atoms with Gasteiger partial charge in [0.2, 0.25) is 0 Å². The molecule has 0 aliphatic carbocycles. The van der Waals surface area contributed by atoms with Gasteiger partial charge in [-0.05, 0) is 74.6 Å². The minimum absolute atomic E-state index is 0. The van der Waals surface area contributed by atoms with Gasteiger partial charge in [0.05, 0.1) is 13.2 Å². The van der Waals surface area contributed by atoms with Crippen LogP contribution in [0.3, 0.4) is 0 Å². The summed E-state index contributed by atoms with van der Waals surface area (Å²) in [4.78, 5) is 0. The van der Waals surface area contributed by atoms with Crippen molar-refractivity contribution in [1.82, 2.24) is 0 Å². The van der Waals surface area contributed by atoms with Crippen LogP contribution in [0.15, 0.2) is 48.5 Å². The van der Waals surface area contributed by atoms with Crippen LogP contribution in [-0.4, -0.2) is 18.3 Å². The van der Waals surface area contributed by atoms with Gasteiger partial charge in [-0.15, -0.1) is 0 Å². The van der Waals surface area contributed by atoms with Crippen LogP contribution < -0.4 is 20.1 Å². The van der Waals surface area contributed by atoms with Crippen LogP contribution in [0.1, 0.15) is 13.8 Å². The van der Waals surface area contributed by atoms with E-state index in [1.807, 2.05) is 62.4 Å². The Morgan fingerprint density at radius 2 is 1.13 bits per heavy atom. The first-order valence-electron chi connectivity index (χ1n) is 7.25. The van der Waals surface area contributed by atoms with Crippen LogP contribution in [0.2, 0.25) is 0 Å². The number of thiocarbonyl (C=S) groups is 1. The Labute approximate surface area is 161 Å². The SMILES string of the molecule is CCOc1ccc(NC(=S)Nc2ccc(OCC)cc2)cc1.[Zr]. The molecule has 6 heteroatoms. The Kier molecular flexibility index (Phi) is 8.89. The second-order valence-corrected chi connectivity index (χ2v) is 4.90. The Balaban J connectivity index is 0.00000264. The molecule has 23 heavy (non-hydrogen) atoms. The standard InChI is InChI=1S/C17H20N2O2S.Zr/c1-3-20-15-9-5-13(6-10-15)18-17(22)19-14-7-11-16(12-8-14)21-4-2;/h5-12H,3-4H2,1-2H3,(H2,18,19,22);. The van der Waals surface area contributed by atoms with Crippen LogP contribution in [0, 0.1) is 0 Å². The van der Waals surface area contributed by atoms with Crippen molar-refractivity contribution in [2.75, 3.05) is 23.8 Å². The van der Waals surface area contributed by atoms with E-state index >= 15 is 0 Å². The van der Waals surface area contributed by atoms with Gasteiger partial charge in [0, 0.05) is 37.6 Å². The van der Waals surface area contributed by atoms with Crippen LogP contribution >= 0.6 is 12.2 Å². The summed E-state index contributed by atoms with van der Waals surface area (Å²) in [6, 6.07) is 15.3. The van der Waals surface area contributed by atoms with Gasteiger partial charge in [0.15, 0.2) is 5.11 Å². The molecule has 0 saturated carbocycles. The Hall–Kier alpha value is -1.39. The molecule has 0 unspecified atom stereocenters. The van der Waals surface area contributed by atoms with Gasteiger partial charge in [-0.2, -0.15) is 0 Å². The minimum Gasteiger partial charge on any atom is -0.494 e. The maximum Gasteiger partial charge on any atom is 0.175 e. The van der Waals surface area contributed by atoms with E-state index < -0.39 is 0 Å². The molecule has 2 aromatic rings. The molecule has 2 aromatic carbocycles. The number of hydrogen-bond acceptors (Lipinski definition) is 3. The third kappa shape index (κ3) is 6.71. The van der Waals surface area contributed by atoms with Crippen molar-refractivity contribution >= 4 is 28.7 Å². The van der Waals surface area contributed by atoms with Crippen LogP contribution in [0.25, 0.3) is 0 Å². The monoisotopic (exact) mass is 406 g/mol. The fraction of sp³-hybridized carbons (Fsp3) is 0.235. The third-order valence-electron chi connectivity index (χ3n) is 2.85. The summed E-state index contributed by atoms with van der Waals surface area (Å²) in [6.07, 6.45) is 0. The van der Waals surface area contributed by atoms with Gasteiger partial charge in [-0.1, -0.05) is 0 Å². The molecule has 0 heterocycles. The van der Waals surface area contributed by atoms with Gasteiger partial charge in [-0.3, -0.25) is 0 Å². The Morgan fingerprint density at radius 1 is 0.783 bits per heavy atom. The van der Waals surface area contributed by atoms with E-state index in [0.29, 0.717) is 18.3 Å². The summed E-state index contributed by atoms with van der Waals surface area (Å²) >= 11 is 5.30. The average Bonchev–Trinajstić information content (AvgIpc) is 2.52. The number of ether oxygens (including phenoxy) is 2. The summed E-state index contributed by atoms with van der Waals surface area (Å²) in [6.45, 7) is 5.24. The Morgan fingerprint density at radius 3 is 1.43 bits per heavy atom. The average molecular weight is 408 g/mol. The number of hydrogen-bond donors (Lipinski definition) is 2. The molecule has 4 nitrogen and oxygen atoms in total. The van der Waals surface area contributed by atoms with Gasteiger partial charge < -0.3 is 20.1 Å². The number of benzene rings is 2. The quantitative estimate of drug-likeness (QED) is 0.699. The molecule has 2 rings (SSSR count). The fourth-order valence-electron chi connectivity index (χ4n) is 1.90. The number of anilines is 2. The molecule has 0 radical (unpaired) electrons. The van der Waals surface area contributed by atoms with E-state index in [2.05, 4.69) is 10.6 Å². The van der Waals surface area contributed by atoms with Gasteiger partial charge in [0.1, 0.15) is 11.5 Å². The van der Waals surface area contributed by atoms with E-state index in [-0.39, 0.29) is 26.2 Å². The summed E-state index contributed by atoms with van der Waals surface area (Å²) in [5.74, 6) is 1.69. The molecule has 0 fully saturated rings. The maximum absolute atomic E-state index is 5.40. The smallest absolute Gasteiger partial charge is 0.175 e. The van der Waals surface area contributed by atoms with Gasteiger partial charge in [-0.25, -0.2) is 0 Å². The largest absolute Gasteiger partial charge is 0.494 e. The second kappa shape index (κ2) is 10.4. The minimum atomic E-state index is 0. The van der Waals surface area contributed by atoms with Crippen molar-refractivity contribution in [1.29, 1.82) is 0 Å². The molecular weight excluding hydrogens is 387 g/mol. The normalized spacial score (nSPS) is 9.48. The van der Waals surface area contributed by atoms with Crippen LogP contribution in [-0.2, 0) is 26.2 Å². The number of nitrogens with one attached hydrogen (secondary N) is 2. The summed E-state index contributed by atoms with van der Waals surface area (Å²) in [7, 11) is 0. The molecule has 0 aliphatic rings. The molecule has 2 N–H and O–H groups in total. The van der Waals surface area contributed by atoms with Crippen molar-refractivity contribution in [3.05, 3.63) is 48.5 Å². The van der Waals surface area contributed by atoms with Crippen LogP contribution in [0.4, 0.5) is 11.4 Å². The van der Waals surface area contributed by atoms with E-state index in [9.17, 15) is 0 Å². The topological polar surface area (TPSA) is 42.5 Å². The van der Waals surface area contributed by atoms with Gasteiger partial charge in [0.25, 0.3) is 0 Å². The van der Waals surface area contributed by atoms with Crippen molar-refractivity contribution in [2.45, 2.75) is 13.8 Å². The van der Waals surface area contributed by atoms with E-state index in [4.69, 9.17) is 21.7 Å². The fourth-order valence-corrected chi connectivity index (χ4v) is 2.13. The van der Waals surface area contributed by atoms with Crippen molar-refractivity contribution in [3.63, 3.8) is 0 Å². The molecule has 0 saturated heterocycles. The summed E-state index contributed by atoms with van der Waals surface area (Å²) < 4.78 is 10.8. The zero-order valence-electron chi connectivity index (χ0n) is 13.3. The molecular formula is C17H20N2O2SZr. The van der Waals surface area contributed by atoms with E-state index in [1.165, 1.54) is 0 Å². The van der Waals surface area contributed by atoms with Crippen LogP contribution in [0.5, 0.6) is 11.5 Å². The zero-order valence-corrected chi connectivity index (χ0v) is 16.5. The van der Waals surface area contributed by atoms with Crippen molar-refractivity contribution in [3.8, 4) is 11.5 Å². The summed E-state index contributed by atoms with van der Waals surface area (Å²) in [5.41, 5.74) is 1.82. The first-order chi connectivity index (χ1) is 10.7. The maximum atomic E-state index is 5.40. The van der Waals surface area contributed by atoms with E-state index in [0.717, 1.165) is 22.9 Å². The first kappa shape index (κ1) is 19.7. The first-order valence-corrected chi connectivity index (χ1v) is 7.65. The molecule has 0 amide bonds.